The van der Waals surface area contributed by atoms with Gasteiger partial charge in [-0.3, -0.25) is 9.98 Å². The minimum Gasteiger partial charge on any atom is -0.261 e. The summed E-state index contributed by atoms with van der Waals surface area (Å²) in [5.74, 6) is 0. The van der Waals surface area contributed by atoms with Crippen LogP contribution in [0.5, 0.6) is 0 Å². The molecular weight excluding hydrogens is 437 g/mol. The van der Waals surface area contributed by atoms with Gasteiger partial charge in [0.15, 0.2) is 0 Å². The van der Waals surface area contributed by atoms with Gasteiger partial charge in [0.1, 0.15) is 0 Å². The first-order chi connectivity index (χ1) is 15.1. The van der Waals surface area contributed by atoms with Crippen molar-refractivity contribution in [3.05, 3.63) is 59.7 Å². The van der Waals surface area contributed by atoms with E-state index in [2.05, 4.69) is 72.4 Å². The fourth-order valence-electron chi connectivity index (χ4n) is 3.70. The number of nitrogens with zero attached hydrogens (tertiary/aromatic N) is 2. The fourth-order valence-corrected chi connectivity index (χ4v) is 7.72. The van der Waals surface area contributed by atoms with Crippen LogP contribution in [0.2, 0.25) is 0 Å². The number of thiophene rings is 3. The van der Waals surface area contributed by atoms with Crippen LogP contribution in [-0.4, -0.2) is 12.4 Å². The molecular formula is C26H22N2S3. The number of benzene rings is 2. The largest absolute Gasteiger partial charge is 0.261 e. The first-order valence-electron chi connectivity index (χ1n) is 10.2. The van der Waals surface area contributed by atoms with Gasteiger partial charge in [0.2, 0.25) is 0 Å². The Labute approximate surface area is 194 Å². The lowest BCUT2D eigenvalue weighted by atomic mass is 10.1. The molecule has 0 saturated heterocycles. The Morgan fingerprint density at radius 3 is 1.48 bits per heavy atom. The summed E-state index contributed by atoms with van der Waals surface area (Å²) in [6, 6.07) is 17.8. The Morgan fingerprint density at radius 1 is 0.613 bits per heavy atom. The highest BCUT2D eigenvalue weighted by molar-refractivity contribution is 7.40. The normalized spacial score (nSPS) is 12.3. The zero-order valence-corrected chi connectivity index (χ0v) is 20.3. The molecule has 0 aliphatic carbocycles. The average molecular weight is 459 g/mol. The molecule has 154 valence electrons. The zero-order chi connectivity index (χ0) is 21.5. The quantitative estimate of drug-likeness (QED) is 0.239. The Balaban J connectivity index is 1.58. The van der Waals surface area contributed by atoms with Gasteiger partial charge in [-0.15, -0.1) is 34.0 Å². The standard InChI is InChI=1S/C26H22N2S3/c1-5-27-19-11-17(9-7-15(19)3)21-13-23-25(30-21)26-24(29-23)14-22(31-26)18-10-8-16(4)20(12-18)28-6-2/h5-14H,1-4H3. The maximum atomic E-state index is 4.52. The number of rotatable bonds is 4. The highest BCUT2D eigenvalue weighted by Crippen LogP contribution is 2.48. The van der Waals surface area contributed by atoms with Crippen LogP contribution < -0.4 is 0 Å². The van der Waals surface area contributed by atoms with E-state index in [1.54, 1.807) is 0 Å². The van der Waals surface area contributed by atoms with Gasteiger partial charge in [-0.1, -0.05) is 24.3 Å². The molecule has 0 N–H and O–H groups in total. The van der Waals surface area contributed by atoms with E-state index in [4.69, 9.17) is 0 Å². The van der Waals surface area contributed by atoms with Gasteiger partial charge in [-0.05, 0) is 74.2 Å². The lowest BCUT2D eigenvalue weighted by Crippen LogP contribution is -1.77. The second-order valence-electron chi connectivity index (χ2n) is 7.49. The number of aliphatic imine (C=N–C) groups is 2. The predicted octanol–water partition coefficient (Wildman–Crippen LogP) is 9.57. The van der Waals surface area contributed by atoms with E-state index in [0.717, 1.165) is 11.4 Å². The van der Waals surface area contributed by atoms with Gasteiger partial charge in [0.25, 0.3) is 0 Å². The molecule has 5 rings (SSSR count). The van der Waals surface area contributed by atoms with Crippen molar-refractivity contribution in [2.24, 2.45) is 9.98 Å². The highest BCUT2D eigenvalue weighted by atomic mass is 32.1. The lowest BCUT2D eigenvalue weighted by molar-refractivity contribution is 1.40. The third-order valence-electron chi connectivity index (χ3n) is 5.35. The molecule has 0 atom stereocenters. The number of hydrogen-bond acceptors (Lipinski definition) is 5. The summed E-state index contributed by atoms with van der Waals surface area (Å²) in [6.07, 6.45) is 3.72. The molecule has 0 radical (unpaired) electrons. The van der Waals surface area contributed by atoms with E-state index in [-0.39, 0.29) is 0 Å². The molecule has 2 aromatic carbocycles. The van der Waals surface area contributed by atoms with Crippen LogP contribution in [-0.2, 0) is 0 Å². The molecule has 0 unspecified atom stereocenters. The molecule has 0 amide bonds. The maximum absolute atomic E-state index is 4.52. The number of fused-ring (bicyclic) bond motifs is 3. The first-order valence-corrected chi connectivity index (χ1v) is 12.7. The second-order valence-corrected chi connectivity index (χ2v) is 10.7. The molecule has 5 heteroatoms. The minimum absolute atomic E-state index is 1.05. The van der Waals surface area contributed by atoms with Crippen molar-refractivity contribution in [1.82, 2.24) is 0 Å². The summed E-state index contributed by atoms with van der Waals surface area (Å²) in [6.45, 7) is 8.14. The summed E-state index contributed by atoms with van der Waals surface area (Å²) in [7, 11) is 0. The summed E-state index contributed by atoms with van der Waals surface area (Å²) in [5, 5.41) is 0. The van der Waals surface area contributed by atoms with Crippen LogP contribution in [0.3, 0.4) is 0 Å². The van der Waals surface area contributed by atoms with Crippen molar-refractivity contribution in [1.29, 1.82) is 0 Å². The van der Waals surface area contributed by atoms with E-state index < -0.39 is 0 Å². The molecule has 3 aromatic heterocycles. The third-order valence-corrected chi connectivity index (χ3v) is 9.22. The van der Waals surface area contributed by atoms with E-state index in [1.807, 2.05) is 60.3 Å². The van der Waals surface area contributed by atoms with Crippen molar-refractivity contribution in [3.8, 4) is 20.9 Å². The van der Waals surface area contributed by atoms with Crippen molar-refractivity contribution >= 4 is 76.6 Å². The first kappa shape index (κ1) is 20.3. The number of aryl methyl sites for hydroxylation is 2. The van der Waals surface area contributed by atoms with E-state index in [0.29, 0.717) is 0 Å². The van der Waals surface area contributed by atoms with Crippen LogP contribution in [0.25, 0.3) is 39.7 Å². The molecule has 0 spiro atoms. The molecule has 0 saturated carbocycles. The van der Waals surface area contributed by atoms with Crippen LogP contribution in [0.15, 0.2) is 58.5 Å². The van der Waals surface area contributed by atoms with Crippen molar-refractivity contribution < 1.29 is 0 Å². The topological polar surface area (TPSA) is 24.7 Å². The van der Waals surface area contributed by atoms with Crippen molar-refractivity contribution in [3.63, 3.8) is 0 Å². The summed E-state index contributed by atoms with van der Waals surface area (Å²) in [5.41, 5.74) is 6.98. The Kier molecular flexibility index (Phi) is 5.34. The minimum atomic E-state index is 1.05. The molecule has 2 nitrogen and oxygen atoms in total. The fraction of sp³-hybridized carbons (Fsp3) is 0.154. The molecule has 0 aliphatic heterocycles. The monoisotopic (exact) mass is 458 g/mol. The lowest BCUT2D eigenvalue weighted by Gasteiger charge is -2.03. The smallest absolute Gasteiger partial charge is 0.0661 e. The van der Waals surface area contributed by atoms with Gasteiger partial charge in [-0.25, -0.2) is 0 Å². The molecule has 0 aliphatic rings. The number of hydrogen-bond donors (Lipinski definition) is 0. The Hall–Kier alpha value is -2.60. The van der Waals surface area contributed by atoms with Crippen LogP contribution in [0, 0.1) is 13.8 Å². The molecule has 3 heterocycles. The van der Waals surface area contributed by atoms with E-state index in [1.165, 1.54) is 50.8 Å². The average Bonchev–Trinajstić information content (AvgIpc) is 3.42. The summed E-state index contributed by atoms with van der Waals surface area (Å²) < 4.78 is 5.53. The van der Waals surface area contributed by atoms with Gasteiger partial charge >= 0.3 is 0 Å². The Bertz CT molecular complexity index is 1370. The molecule has 0 fully saturated rings. The summed E-state index contributed by atoms with van der Waals surface area (Å²) in [4.78, 5) is 11.7. The zero-order valence-electron chi connectivity index (χ0n) is 17.9. The molecule has 5 aromatic rings. The Morgan fingerprint density at radius 2 is 1.06 bits per heavy atom. The van der Waals surface area contributed by atoms with Gasteiger partial charge < -0.3 is 0 Å². The SMILES string of the molecule is CC=Nc1cc(-c2cc3sc4cc(-c5ccc(C)c(N=CC)c5)sc4c3s2)ccc1C. The van der Waals surface area contributed by atoms with E-state index >= 15 is 0 Å². The van der Waals surface area contributed by atoms with Gasteiger partial charge in [0, 0.05) is 31.6 Å². The van der Waals surface area contributed by atoms with Crippen LogP contribution >= 0.6 is 34.0 Å². The van der Waals surface area contributed by atoms with Crippen LogP contribution in [0.4, 0.5) is 11.4 Å². The van der Waals surface area contributed by atoms with Crippen LogP contribution in [0.1, 0.15) is 25.0 Å². The van der Waals surface area contributed by atoms with Gasteiger partial charge in [0.05, 0.1) is 20.8 Å². The van der Waals surface area contributed by atoms with Gasteiger partial charge in [-0.2, -0.15) is 0 Å². The third kappa shape index (κ3) is 3.67. The highest BCUT2D eigenvalue weighted by Gasteiger charge is 2.15. The maximum Gasteiger partial charge on any atom is 0.0661 e. The van der Waals surface area contributed by atoms with Crippen molar-refractivity contribution in [2.45, 2.75) is 27.7 Å². The molecule has 31 heavy (non-hydrogen) atoms. The second kappa shape index (κ2) is 8.15. The summed E-state index contributed by atoms with van der Waals surface area (Å²) >= 11 is 5.66. The van der Waals surface area contributed by atoms with Crippen molar-refractivity contribution in [2.75, 3.05) is 0 Å². The predicted molar refractivity (Wildman–Crippen MR) is 143 cm³/mol. The molecule has 0 bridgehead atoms. The van der Waals surface area contributed by atoms with E-state index in [9.17, 15) is 0 Å².